The second-order valence-electron chi connectivity index (χ2n) is 7.79. The summed E-state index contributed by atoms with van der Waals surface area (Å²) in [6.45, 7) is 1.96. The highest BCUT2D eigenvalue weighted by Crippen LogP contribution is 2.32. The van der Waals surface area contributed by atoms with Gasteiger partial charge >= 0.3 is 0 Å². The quantitative estimate of drug-likeness (QED) is 0.166. The van der Waals surface area contributed by atoms with Crippen molar-refractivity contribution in [3.8, 4) is 0 Å². The van der Waals surface area contributed by atoms with Gasteiger partial charge in [0.05, 0.1) is 5.70 Å². The molecule has 1 aliphatic rings. The minimum atomic E-state index is -1.02. The van der Waals surface area contributed by atoms with Crippen LogP contribution in [-0.4, -0.2) is 58.0 Å². The van der Waals surface area contributed by atoms with E-state index in [1.807, 2.05) is 48.5 Å². The topological polar surface area (TPSA) is 119 Å². The van der Waals surface area contributed by atoms with E-state index in [1.54, 1.807) is 23.0 Å². The van der Waals surface area contributed by atoms with E-state index in [9.17, 15) is 0 Å². The summed E-state index contributed by atoms with van der Waals surface area (Å²) in [7, 11) is 0. The van der Waals surface area contributed by atoms with Gasteiger partial charge < -0.3 is 21.3 Å². The number of aliphatic hydroxyl groups excluding tert-OH is 2. The van der Waals surface area contributed by atoms with E-state index in [4.69, 9.17) is 27.7 Å². The number of unbranched alkanes of at least 4 members (excludes halogenated alkanes) is 4. The molecule has 0 saturated heterocycles. The Hall–Kier alpha value is -2.49. The molecule has 34 heavy (non-hydrogen) atoms. The van der Waals surface area contributed by atoms with Gasteiger partial charge in [-0.2, -0.15) is 0 Å². The van der Waals surface area contributed by atoms with Gasteiger partial charge in [-0.3, -0.25) is 10.3 Å². The second-order valence-corrected chi connectivity index (χ2v) is 8.13. The van der Waals surface area contributed by atoms with Gasteiger partial charge in [-0.25, -0.2) is 9.41 Å². The van der Waals surface area contributed by atoms with E-state index in [-0.39, 0.29) is 6.61 Å². The molecular weight excluding hydrogens is 452 g/mol. The van der Waals surface area contributed by atoms with Crippen LogP contribution in [-0.2, 0) is 0 Å². The highest BCUT2D eigenvalue weighted by molar-refractivity contribution is 6.19. The third-order valence-electron chi connectivity index (χ3n) is 5.13. The van der Waals surface area contributed by atoms with Crippen LogP contribution in [0, 0.1) is 0 Å². The number of aromatic nitrogens is 1. The lowest BCUT2D eigenvalue weighted by atomic mass is 10.1. The minimum absolute atomic E-state index is 0.210. The first-order chi connectivity index (χ1) is 16.7. The van der Waals surface area contributed by atoms with E-state index < -0.39 is 5.91 Å². The first kappa shape index (κ1) is 27.8. The van der Waals surface area contributed by atoms with E-state index in [1.165, 1.54) is 0 Å². The Labute approximate surface area is 207 Å². The van der Waals surface area contributed by atoms with Gasteiger partial charge in [-0.15, -0.1) is 0 Å². The Morgan fingerprint density at radius 2 is 1.59 bits per heavy atom. The standard InChI is InChI=1S/C20H24ClN5O.C5H13NO/c21-26-19(17-9-13-22-14-10-17)11-15-24-20(26,23-12-5-2-6-16-27)25-18-7-3-1-4-8-18;6-4-2-1-3-5-7/h1,3-4,7-11,13-15,23,25,27H,2,5-6,12,16H2;7H,1-6H2. The third kappa shape index (κ3) is 9.04. The molecule has 1 aromatic carbocycles. The summed E-state index contributed by atoms with van der Waals surface area (Å²) in [5.74, 6) is -1.02. The Balaban J connectivity index is 0.000000509. The summed E-state index contributed by atoms with van der Waals surface area (Å²) in [6, 6.07) is 13.7. The molecule has 0 aliphatic carbocycles. The van der Waals surface area contributed by atoms with Crippen LogP contribution in [0.1, 0.15) is 44.1 Å². The van der Waals surface area contributed by atoms with Gasteiger partial charge in [0.15, 0.2) is 0 Å². The zero-order valence-electron chi connectivity index (χ0n) is 19.6. The van der Waals surface area contributed by atoms with E-state index in [2.05, 4.69) is 20.6 Å². The number of hydrogen-bond donors (Lipinski definition) is 5. The maximum atomic E-state index is 8.96. The van der Waals surface area contributed by atoms with Crippen LogP contribution in [0.5, 0.6) is 0 Å². The zero-order valence-corrected chi connectivity index (χ0v) is 20.4. The van der Waals surface area contributed by atoms with Crippen LogP contribution in [0.3, 0.4) is 0 Å². The largest absolute Gasteiger partial charge is 0.396 e. The molecule has 0 bridgehead atoms. The van der Waals surface area contributed by atoms with E-state index in [0.29, 0.717) is 13.2 Å². The van der Waals surface area contributed by atoms with Crippen molar-refractivity contribution in [1.29, 1.82) is 0 Å². The number of halogens is 1. The molecule has 1 aromatic heterocycles. The fraction of sp³-hybridized carbons (Fsp3) is 0.440. The van der Waals surface area contributed by atoms with Crippen molar-refractivity contribution in [2.24, 2.45) is 10.7 Å². The summed E-state index contributed by atoms with van der Waals surface area (Å²) in [5, 5.41) is 24.1. The predicted molar refractivity (Wildman–Crippen MR) is 140 cm³/mol. The number of allylic oxidation sites excluding steroid dienone is 1. The number of nitrogens with one attached hydrogen (secondary N) is 2. The number of benzene rings is 1. The van der Waals surface area contributed by atoms with Crippen LogP contribution in [0.15, 0.2) is 65.9 Å². The molecule has 0 radical (unpaired) electrons. The number of rotatable bonds is 13. The van der Waals surface area contributed by atoms with Gasteiger partial charge in [0, 0.05) is 61.4 Å². The fourth-order valence-electron chi connectivity index (χ4n) is 3.31. The molecule has 0 amide bonds. The van der Waals surface area contributed by atoms with Crippen LogP contribution in [0.25, 0.3) is 5.70 Å². The maximum Gasteiger partial charge on any atom is 0.282 e. The molecule has 1 atom stereocenters. The number of para-hydroxylation sites is 1. The van der Waals surface area contributed by atoms with Gasteiger partial charge in [-0.1, -0.05) is 18.2 Å². The van der Waals surface area contributed by atoms with Crippen molar-refractivity contribution < 1.29 is 10.2 Å². The van der Waals surface area contributed by atoms with Gasteiger partial charge in [0.2, 0.25) is 0 Å². The zero-order chi connectivity index (χ0) is 24.5. The number of nitrogens with two attached hydrogens (primary N) is 1. The number of hydrogen-bond acceptors (Lipinski definition) is 8. The van der Waals surface area contributed by atoms with Crippen LogP contribution < -0.4 is 16.4 Å². The Morgan fingerprint density at radius 3 is 2.24 bits per heavy atom. The Morgan fingerprint density at radius 1 is 0.912 bits per heavy atom. The lowest BCUT2D eigenvalue weighted by Gasteiger charge is -2.41. The summed E-state index contributed by atoms with van der Waals surface area (Å²) >= 11 is 6.80. The van der Waals surface area contributed by atoms with Crippen molar-refractivity contribution >= 4 is 29.4 Å². The molecule has 2 heterocycles. The monoisotopic (exact) mass is 488 g/mol. The van der Waals surface area contributed by atoms with E-state index >= 15 is 0 Å². The molecular formula is C25H37ClN6O2. The summed E-state index contributed by atoms with van der Waals surface area (Å²) in [6.07, 6.45) is 12.7. The molecule has 1 unspecified atom stereocenters. The molecule has 0 saturated carbocycles. The van der Waals surface area contributed by atoms with Crippen LogP contribution in [0.2, 0.25) is 0 Å². The van der Waals surface area contributed by atoms with Gasteiger partial charge in [0.1, 0.15) is 0 Å². The van der Waals surface area contributed by atoms with Crippen LogP contribution in [0.4, 0.5) is 5.69 Å². The van der Waals surface area contributed by atoms with Crippen LogP contribution >= 0.6 is 11.8 Å². The molecule has 8 nitrogen and oxygen atoms in total. The highest BCUT2D eigenvalue weighted by atomic mass is 35.5. The molecule has 9 heteroatoms. The third-order valence-corrected chi connectivity index (χ3v) is 5.55. The number of aliphatic hydroxyl groups is 2. The second kappa shape index (κ2) is 16.2. The molecule has 0 spiro atoms. The lowest BCUT2D eigenvalue weighted by molar-refractivity contribution is 0.241. The van der Waals surface area contributed by atoms with E-state index in [0.717, 1.165) is 62.0 Å². The fourth-order valence-corrected chi connectivity index (χ4v) is 3.61. The smallest absolute Gasteiger partial charge is 0.282 e. The number of anilines is 1. The average molecular weight is 489 g/mol. The first-order valence-electron chi connectivity index (χ1n) is 11.8. The predicted octanol–water partition coefficient (Wildman–Crippen LogP) is 3.55. The van der Waals surface area contributed by atoms with Crippen molar-refractivity contribution in [3.63, 3.8) is 0 Å². The van der Waals surface area contributed by atoms with Crippen molar-refractivity contribution in [2.45, 2.75) is 44.4 Å². The van der Waals surface area contributed by atoms with Gasteiger partial charge in [0.25, 0.3) is 5.91 Å². The van der Waals surface area contributed by atoms with Crippen molar-refractivity contribution in [3.05, 3.63) is 66.5 Å². The highest BCUT2D eigenvalue weighted by Gasteiger charge is 2.38. The van der Waals surface area contributed by atoms with Gasteiger partial charge in [-0.05, 0) is 75.4 Å². The average Bonchev–Trinajstić information content (AvgIpc) is 2.87. The van der Waals surface area contributed by atoms with Crippen molar-refractivity contribution in [1.82, 2.24) is 14.7 Å². The lowest BCUT2D eigenvalue weighted by Crippen LogP contribution is -2.60. The Bertz CT molecular complexity index is 849. The number of nitrogens with zero attached hydrogens (tertiary/aromatic N) is 3. The molecule has 0 fully saturated rings. The normalized spacial score (nSPS) is 17.1. The molecule has 186 valence electrons. The minimum Gasteiger partial charge on any atom is -0.396 e. The molecule has 6 N–H and O–H groups in total. The summed E-state index contributed by atoms with van der Waals surface area (Å²) in [4.78, 5) is 8.71. The molecule has 3 rings (SSSR count). The molecule has 1 aliphatic heterocycles. The first-order valence-corrected chi connectivity index (χ1v) is 12.1. The summed E-state index contributed by atoms with van der Waals surface area (Å²) in [5.41, 5.74) is 7.86. The van der Waals surface area contributed by atoms with Crippen molar-refractivity contribution in [2.75, 3.05) is 31.6 Å². The number of aliphatic imine (C=N–C) groups is 1. The summed E-state index contributed by atoms with van der Waals surface area (Å²) < 4.78 is 1.58. The SMILES string of the molecule is NCCCCCO.OCCCCCNC1(Nc2ccccc2)N=CC=C(c2ccncc2)N1Cl. The Kier molecular flexibility index (Phi) is 13.2. The molecule has 2 aromatic rings. The number of pyridine rings is 1. The maximum absolute atomic E-state index is 8.96.